The number of hydrogen-bond donors (Lipinski definition) is 0. The number of esters is 1. The summed E-state index contributed by atoms with van der Waals surface area (Å²) in [6.45, 7) is 3.88. The average Bonchev–Trinajstić information content (AvgIpc) is 3.45. The Morgan fingerprint density at radius 1 is 1.05 bits per heavy atom. The molecule has 1 aliphatic rings. The van der Waals surface area contributed by atoms with Crippen molar-refractivity contribution >= 4 is 45.9 Å². The van der Waals surface area contributed by atoms with Gasteiger partial charge in [-0.05, 0) is 49.2 Å². The molecule has 5 aromatic rings. The molecule has 1 atom stereocenters. The molecule has 224 valence electrons. The zero-order valence-electron chi connectivity index (χ0n) is 23.6. The topological polar surface area (TPSA) is 65.6 Å². The van der Waals surface area contributed by atoms with E-state index in [9.17, 15) is 22.8 Å². The van der Waals surface area contributed by atoms with E-state index in [1.54, 1.807) is 6.08 Å². The maximum Gasteiger partial charge on any atom is 0.434 e. The number of carbonyl (C=O) groups is 1. The summed E-state index contributed by atoms with van der Waals surface area (Å²) in [7, 11) is 0. The number of halogens is 4. The first-order chi connectivity index (χ1) is 21.1. The van der Waals surface area contributed by atoms with Gasteiger partial charge in [0.2, 0.25) is 0 Å². The van der Waals surface area contributed by atoms with Crippen molar-refractivity contribution in [2.24, 2.45) is 4.99 Å². The van der Waals surface area contributed by atoms with Crippen molar-refractivity contribution in [3.05, 3.63) is 137 Å². The minimum Gasteiger partial charge on any atom is -0.463 e. The summed E-state index contributed by atoms with van der Waals surface area (Å²) in [6, 6.07) is 22.3. The van der Waals surface area contributed by atoms with E-state index in [4.69, 9.17) is 16.3 Å². The number of hydrogen-bond acceptors (Lipinski definition) is 5. The Morgan fingerprint density at radius 3 is 2.41 bits per heavy atom. The Balaban J connectivity index is 1.60. The predicted molar refractivity (Wildman–Crippen MR) is 164 cm³/mol. The minimum absolute atomic E-state index is 0.155. The Labute approximate surface area is 258 Å². The van der Waals surface area contributed by atoms with Crippen molar-refractivity contribution in [2.45, 2.75) is 32.6 Å². The zero-order chi connectivity index (χ0) is 31.2. The summed E-state index contributed by atoms with van der Waals surface area (Å²) >= 11 is 6.91. The van der Waals surface area contributed by atoms with Crippen molar-refractivity contribution in [1.82, 2.24) is 9.13 Å². The standard InChI is InChI=1S/C33H25ClF3N3O3S/c1-3-43-31(42)27-28(21-13-15-22(34)16-14-21)40-30(41)26(44-32(40)38-29(27)33(35,36)37)17-24-19(2)39(18-20-9-5-4-6-10-20)25-12-8-7-11-23(24)25/h4-17,28H,3,18H2,1-2H3/b26-17-/t28-/m0/s1. The van der Waals surface area contributed by atoms with E-state index in [1.165, 1.54) is 31.2 Å². The van der Waals surface area contributed by atoms with Gasteiger partial charge in [0.1, 0.15) is 0 Å². The van der Waals surface area contributed by atoms with Crippen LogP contribution in [0, 0.1) is 6.92 Å². The van der Waals surface area contributed by atoms with Gasteiger partial charge in [-0.25, -0.2) is 9.79 Å². The summed E-state index contributed by atoms with van der Waals surface area (Å²) < 4.78 is 51.8. The molecule has 6 nitrogen and oxygen atoms in total. The number of alkyl halides is 3. The molecule has 1 aliphatic heterocycles. The van der Waals surface area contributed by atoms with Crippen molar-refractivity contribution in [3.63, 3.8) is 0 Å². The van der Waals surface area contributed by atoms with Gasteiger partial charge in [0.05, 0.1) is 22.8 Å². The average molecular weight is 636 g/mol. The molecule has 0 saturated carbocycles. The quantitative estimate of drug-likeness (QED) is 0.206. The highest BCUT2D eigenvalue weighted by atomic mass is 35.5. The van der Waals surface area contributed by atoms with Crippen LogP contribution in [0.4, 0.5) is 13.2 Å². The molecule has 0 spiro atoms. The number of thiazole rings is 1. The third kappa shape index (κ3) is 5.28. The van der Waals surface area contributed by atoms with Gasteiger partial charge in [-0.3, -0.25) is 9.36 Å². The maximum atomic E-state index is 14.4. The molecule has 0 unspecified atom stereocenters. The van der Waals surface area contributed by atoms with Gasteiger partial charge >= 0.3 is 12.1 Å². The van der Waals surface area contributed by atoms with Crippen LogP contribution in [0.15, 0.2) is 99.9 Å². The van der Waals surface area contributed by atoms with Crippen LogP contribution in [0.5, 0.6) is 0 Å². The number of fused-ring (bicyclic) bond motifs is 2. The second-order valence-electron chi connectivity index (χ2n) is 10.2. The Kier molecular flexibility index (Phi) is 7.81. The fourth-order valence-electron chi connectivity index (χ4n) is 5.54. The molecule has 0 aliphatic carbocycles. The van der Waals surface area contributed by atoms with E-state index >= 15 is 0 Å². The van der Waals surface area contributed by atoms with Gasteiger partial charge < -0.3 is 9.30 Å². The maximum absolute atomic E-state index is 14.4. The minimum atomic E-state index is -4.98. The van der Waals surface area contributed by atoms with Gasteiger partial charge in [0.15, 0.2) is 10.5 Å². The Morgan fingerprint density at radius 2 is 1.73 bits per heavy atom. The Bertz CT molecular complexity index is 2110. The van der Waals surface area contributed by atoms with E-state index in [1.807, 2.05) is 61.5 Å². The number of para-hydroxylation sites is 1. The van der Waals surface area contributed by atoms with E-state index < -0.39 is 35.0 Å². The normalized spacial score (nSPS) is 15.4. The third-order valence-electron chi connectivity index (χ3n) is 7.52. The van der Waals surface area contributed by atoms with E-state index in [-0.39, 0.29) is 21.5 Å². The van der Waals surface area contributed by atoms with Crippen molar-refractivity contribution < 1.29 is 22.7 Å². The van der Waals surface area contributed by atoms with Crippen LogP contribution in [0.25, 0.3) is 17.0 Å². The van der Waals surface area contributed by atoms with Crippen LogP contribution >= 0.6 is 22.9 Å². The lowest BCUT2D eigenvalue weighted by Crippen LogP contribution is -2.41. The zero-order valence-corrected chi connectivity index (χ0v) is 25.1. The molecule has 0 fully saturated rings. The lowest BCUT2D eigenvalue weighted by molar-refractivity contribution is -0.140. The van der Waals surface area contributed by atoms with Crippen LogP contribution in [-0.4, -0.2) is 27.9 Å². The first-order valence-corrected chi connectivity index (χ1v) is 15.0. The smallest absolute Gasteiger partial charge is 0.434 e. The van der Waals surface area contributed by atoms with Gasteiger partial charge in [0.25, 0.3) is 5.56 Å². The number of benzene rings is 3. The lowest BCUT2D eigenvalue weighted by Gasteiger charge is -2.26. The molecule has 3 aromatic carbocycles. The van der Waals surface area contributed by atoms with Gasteiger partial charge in [-0.15, -0.1) is 0 Å². The number of carbonyl (C=O) groups excluding carboxylic acids is 1. The highest BCUT2D eigenvalue weighted by molar-refractivity contribution is 7.07. The summed E-state index contributed by atoms with van der Waals surface area (Å²) in [6.07, 6.45) is -3.29. The number of rotatable bonds is 6. The van der Waals surface area contributed by atoms with Crippen LogP contribution in [-0.2, 0) is 16.1 Å². The molecular weight excluding hydrogens is 611 g/mol. The molecule has 0 N–H and O–H groups in total. The van der Waals surface area contributed by atoms with Crippen molar-refractivity contribution in [3.8, 4) is 0 Å². The fraction of sp³-hybridized carbons (Fsp3) is 0.182. The molecule has 44 heavy (non-hydrogen) atoms. The van der Waals surface area contributed by atoms with Crippen molar-refractivity contribution in [2.75, 3.05) is 6.61 Å². The molecule has 0 radical (unpaired) electrons. The number of ether oxygens (including phenoxy) is 1. The number of allylic oxidation sites excluding steroid dienone is 1. The molecule has 11 heteroatoms. The van der Waals surface area contributed by atoms with Gasteiger partial charge in [-0.1, -0.05) is 83.6 Å². The molecule has 0 amide bonds. The van der Waals surface area contributed by atoms with E-state index in [2.05, 4.69) is 9.56 Å². The largest absolute Gasteiger partial charge is 0.463 e. The molecule has 0 saturated heterocycles. The second-order valence-corrected chi connectivity index (χ2v) is 11.6. The lowest BCUT2D eigenvalue weighted by atomic mass is 9.95. The highest BCUT2D eigenvalue weighted by Crippen LogP contribution is 2.38. The van der Waals surface area contributed by atoms with E-state index in [0.717, 1.165) is 43.6 Å². The molecule has 6 rings (SSSR count). The highest BCUT2D eigenvalue weighted by Gasteiger charge is 2.45. The monoisotopic (exact) mass is 635 g/mol. The SMILES string of the molecule is CCOC(=O)C1=C(C(F)(F)F)N=c2s/c(=C\c3c(C)n(Cc4ccccc4)c4ccccc34)c(=O)n2[C@H]1c1ccc(Cl)cc1. The van der Waals surface area contributed by atoms with E-state index in [0.29, 0.717) is 11.6 Å². The van der Waals surface area contributed by atoms with Gasteiger partial charge in [-0.2, -0.15) is 13.2 Å². The Hall–Kier alpha value is -4.41. The van der Waals surface area contributed by atoms with Crippen LogP contribution in [0.1, 0.15) is 35.3 Å². The predicted octanol–water partition coefficient (Wildman–Crippen LogP) is 6.31. The number of aromatic nitrogens is 2. The molecule has 0 bridgehead atoms. The summed E-state index contributed by atoms with van der Waals surface area (Å²) in [4.78, 5) is 30.8. The molecular formula is C33H25ClF3N3O3S. The second kappa shape index (κ2) is 11.6. The number of nitrogens with zero attached hydrogens (tertiary/aromatic N) is 3. The molecule has 2 aromatic heterocycles. The summed E-state index contributed by atoms with van der Waals surface area (Å²) in [5, 5.41) is 1.24. The van der Waals surface area contributed by atoms with Crippen molar-refractivity contribution in [1.29, 1.82) is 0 Å². The third-order valence-corrected chi connectivity index (χ3v) is 8.75. The molecule has 3 heterocycles. The first kappa shape index (κ1) is 29.7. The summed E-state index contributed by atoms with van der Waals surface area (Å²) in [5.41, 5.74) is 1.25. The van der Waals surface area contributed by atoms with Crippen LogP contribution in [0.3, 0.4) is 0 Å². The van der Waals surface area contributed by atoms with Crippen LogP contribution < -0.4 is 14.9 Å². The fourth-order valence-corrected chi connectivity index (χ4v) is 6.65. The van der Waals surface area contributed by atoms with Gasteiger partial charge in [0, 0.05) is 33.7 Å². The summed E-state index contributed by atoms with van der Waals surface area (Å²) in [5.74, 6) is -1.20. The van der Waals surface area contributed by atoms with Crippen LogP contribution in [0.2, 0.25) is 5.02 Å². The first-order valence-electron chi connectivity index (χ1n) is 13.8.